The second-order valence-electron chi connectivity index (χ2n) is 5.21. The van der Waals surface area contributed by atoms with Gasteiger partial charge in [-0.2, -0.15) is 0 Å². The summed E-state index contributed by atoms with van der Waals surface area (Å²) in [6.07, 6.45) is 2.40. The maximum atomic E-state index is 11.9. The monoisotopic (exact) mass is 311 g/mol. The summed E-state index contributed by atoms with van der Waals surface area (Å²) in [6.45, 7) is 2.01. The van der Waals surface area contributed by atoms with E-state index in [-0.39, 0.29) is 18.3 Å². The summed E-state index contributed by atoms with van der Waals surface area (Å²) in [4.78, 5) is 23.4. The van der Waals surface area contributed by atoms with E-state index >= 15 is 0 Å². The van der Waals surface area contributed by atoms with Crippen LogP contribution in [0.5, 0.6) is 0 Å². The molecule has 0 radical (unpaired) electrons. The Hall–Kier alpha value is -1.59. The van der Waals surface area contributed by atoms with Gasteiger partial charge in [0.15, 0.2) is 0 Å². The van der Waals surface area contributed by atoms with Crippen LogP contribution in [0.4, 0.5) is 0 Å². The van der Waals surface area contributed by atoms with Gasteiger partial charge in [0, 0.05) is 6.42 Å². The van der Waals surface area contributed by atoms with E-state index in [0.29, 0.717) is 12.3 Å². The Balaban J connectivity index is 0.00000220. The molecular formula is C15H22ClN3O2. The van der Waals surface area contributed by atoms with Gasteiger partial charge in [-0.1, -0.05) is 30.3 Å². The number of amides is 2. The van der Waals surface area contributed by atoms with Crippen molar-refractivity contribution in [3.63, 3.8) is 0 Å². The van der Waals surface area contributed by atoms with E-state index in [9.17, 15) is 9.59 Å². The lowest BCUT2D eigenvalue weighted by Gasteiger charge is -2.16. The minimum atomic E-state index is -0.745. The molecule has 0 saturated carbocycles. The van der Waals surface area contributed by atoms with Crippen molar-refractivity contribution in [2.45, 2.75) is 25.3 Å². The molecule has 6 heteroatoms. The van der Waals surface area contributed by atoms with Crippen LogP contribution in [0.2, 0.25) is 0 Å². The van der Waals surface area contributed by atoms with Crippen molar-refractivity contribution in [3.8, 4) is 0 Å². The minimum Gasteiger partial charge on any atom is -0.368 e. The first kappa shape index (κ1) is 17.5. The van der Waals surface area contributed by atoms with Crippen molar-refractivity contribution >= 4 is 24.2 Å². The third-order valence-corrected chi connectivity index (χ3v) is 3.66. The number of hydrogen-bond acceptors (Lipinski definition) is 3. The Bertz CT molecular complexity index is 461. The van der Waals surface area contributed by atoms with Crippen LogP contribution in [0.25, 0.3) is 0 Å². The Morgan fingerprint density at radius 3 is 2.62 bits per heavy atom. The van der Waals surface area contributed by atoms with Gasteiger partial charge in [0.05, 0.1) is 0 Å². The molecule has 1 heterocycles. The molecule has 1 saturated heterocycles. The number of halogens is 1. The van der Waals surface area contributed by atoms with Crippen molar-refractivity contribution in [2.24, 2.45) is 11.7 Å². The highest BCUT2D eigenvalue weighted by Gasteiger charge is 2.21. The maximum absolute atomic E-state index is 11.9. The molecule has 0 spiro atoms. The molecular weight excluding hydrogens is 290 g/mol. The Labute approximate surface area is 131 Å². The first-order valence-corrected chi connectivity index (χ1v) is 7.01. The summed E-state index contributed by atoms with van der Waals surface area (Å²) in [5.41, 5.74) is 6.09. The first-order valence-electron chi connectivity index (χ1n) is 7.01. The van der Waals surface area contributed by atoms with E-state index in [1.54, 1.807) is 12.1 Å². The zero-order chi connectivity index (χ0) is 14.4. The fourth-order valence-electron chi connectivity index (χ4n) is 2.49. The highest BCUT2D eigenvalue weighted by molar-refractivity contribution is 5.87. The van der Waals surface area contributed by atoms with Crippen molar-refractivity contribution in [1.29, 1.82) is 0 Å². The number of nitrogens with one attached hydrogen (secondary N) is 2. The van der Waals surface area contributed by atoms with E-state index in [4.69, 9.17) is 5.73 Å². The third kappa shape index (κ3) is 5.36. The molecule has 21 heavy (non-hydrogen) atoms. The number of hydrogen-bond donors (Lipinski definition) is 3. The molecule has 2 unspecified atom stereocenters. The average Bonchev–Trinajstić information content (AvgIpc) is 2.96. The number of primary amides is 1. The van der Waals surface area contributed by atoms with Crippen LogP contribution < -0.4 is 16.4 Å². The van der Waals surface area contributed by atoms with Crippen LogP contribution in [-0.4, -0.2) is 24.9 Å². The number of benzene rings is 1. The van der Waals surface area contributed by atoms with E-state index in [0.717, 1.165) is 31.5 Å². The fourth-order valence-corrected chi connectivity index (χ4v) is 2.49. The first-order chi connectivity index (χ1) is 9.66. The lowest BCUT2D eigenvalue weighted by Crippen LogP contribution is -2.37. The van der Waals surface area contributed by atoms with Crippen molar-refractivity contribution in [3.05, 3.63) is 35.9 Å². The van der Waals surface area contributed by atoms with Gasteiger partial charge >= 0.3 is 0 Å². The third-order valence-electron chi connectivity index (χ3n) is 3.66. The van der Waals surface area contributed by atoms with Gasteiger partial charge in [0.25, 0.3) is 0 Å². The maximum Gasteiger partial charge on any atom is 0.244 e. The Morgan fingerprint density at radius 1 is 1.33 bits per heavy atom. The topological polar surface area (TPSA) is 84.2 Å². The predicted octanol–water partition coefficient (Wildman–Crippen LogP) is 1.14. The van der Waals surface area contributed by atoms with Crippen LogP contribution in [0.3, 0.4) is 0 Å². The number of rotatable bonds is 6. The minimum absolute atomic E-state index is 0. The SMILES string of the molecule is Cl.NC(=O)C(NC(=O)CCC1CCNC1)c1ccccc1. The standard InChI is InChI=1S/C15H21N3O2.ClH/c16-15(20)14(12-4-2-1-3-5-12)18-13(19)7-6-11-8-9-17-10-11;/h1-5,11,14,17H,6-10H2,(H2,16,20)(H,18,19);1H. The molecule has 2 rings (SSSR count). The summed E-state index contributed by atoms with van der Waals surface area (Å²) in [7, 11) is 0. The highest BCUT2D eigenvalue weighted by Crippen LogP contribution is 2.16. The molecule has 2 amide bonds. The molecule has 5 nitrogen and oxygen atoms in total. The van der Waals surface area contributed by atoms with Crippen molar-refractivity contribution in [2.75, 3.05) is 13.1 Å². The largest absolute Gasteiger partial charge is 0.368 e. The van der Waals surface area contributed by atoms with E-state index in [1.165, 1.54) is 0 Å². The highest BCUT2D eigenvalue weighted by atomic mass is 35.5. The molecule has 1 aliphatic rings. The van der Waals surface area contributed by atoms with Crippen LogP contribution >= 0.6 is 12.4 Å². The molecule has 0 bridgehead atoms. The summed E-state index contributed by atoms with van der Waals surface area (Å²) in [5.74, 6) is -0.0962. The van der Waals surface area contributed by atoms with Crippen molar-refractivity contribution in [1.82, 2.24) is 10.6 Å². The Morgan fingerprint density at radius 2 is 2.05 bits per heavy atom. The lowest BCUT2D eigenvalue weighted by molar-refractivity contribution is -0.127. The van der Waals surface area contributed by atoms with Gasteiger partial charge in [-0.3, -0.25) is 9.59 Å². The summed E-state index contributed by atoms with van der Waals surface area (Å²) < 4.78 is 0. The second kappa shape index (κ2) is 8.64. The van der Waals surface area contributed by atoms with E-state index < -0.39 is 11.9 Å². The van der Waals surface area contributed by atoms with Gasteiger partial charge in [-0.25, -0.2) is 0 Å². The zero-order valence-electron chi connectivity index (χ0n) is 11.9. The van der Waals surface area contributed by atoms with Crippen LogP contribution in [-0.2, 0) is 9.59 Å². The Kier molecular flexibility index (Phi) is 7.19. The molecule has 1 fully saturated rings. The zero-order valence-corrected chi connectivity index (χ0v) is 12.7. The van der Waals surface area contributed by atoms with Gasteiger partial charge < -0.3 is 16.4 Å². The van der Waals surface area contributed by atoms with Gasteiger partial charge in [0.2, 0.25) is 11.8 Å². The normalized spacial score (nSPS) is 18.6. The van der Waals surface area contributed by atoms with Crippen LogP contribution in [0, 0.1) is 5.92 Å². The van der Waals surface area contributed by atoms with E-state index in [1.807, 2.05) is 18.2 Å². The quantitative estimate of drug-likeness (QED) is 0.736. The molecule has 0 aromatic heterocycles. The van der Waals surface area contributed by atoms with Gasteiger partial charge in [-0.05, 0) is 37.4 Å². The van der Waals surface area contributed by atoms with Crippen molar-refractivity contribution < 1.29 is 9.59 Å². The lowest BCUT2D eigenvalue weighted by atomic mass is 10.0. The molecule has 1 aromatic carbocycles. The summed E-state index contributed by atoms with van der Waals surface area (Å²) in [6, 6.07) is 8.33. The smallest absolute Gasteiger partial charge is 0.244 e. The predicted molar refractivity (Wildman–Crippen MR) is 84.0 cm³/mol. The number of nitrogens with two attached hydrogens (primary N) is 1. The van der Waals surface area contributed by atoms with Gasteiger partial charge in [-0.15, -0.1) is 12.4 Å². The second-order valence-corrected chi connectivity index (χ2v) is 5.21. The molecule has 116 valence electrons. The van der Waals surface area contributed by atoms with Crippen LogP contribution in [0.1, 0.15) is 30.9 Å². The average molecular weight is 312 g/mol. The molecule has 1 aliphatic heterocycles. The molecule has 1 aromatic rings. The molecule has 2 atom stereocenters. The molecule has 4 N–H and O–H groups in total. The van der Waals surface area contributed by atoms with Gasteiger partial charge in [0.1, 0.15) is 6.04 Å². The fraction of sp³-hybridized carbons (Fsp3) is 0.467. The van der Waals surface area contributed by atoms with E-state index in [2.05, 4.69) is 10.6 Å². The summed E-state index contributed by atoms with van der Waals surface area (Å²) in [5, 5.41) is 6.00. The number of carbonyl (C=O) groups excluding carboxylic acids is 2. The summed E-state index contributed by atoms with van der Waals surface area (Å²) >= 11 is 0. The molecule has 0 aliphatic carbocycles. The number of carbonyl (C=O) groups is 2. The van der Waals surface area contributed by atoms with Crippen LogP contribution in [0.15, 0.2) is 30.3 Å².